The number of amides is 2. The molecule has 0 N–H and O–H groups in total. The van der Waals surface area contributed by atoms with Gasteiger partial charge in [-0.15, -0.1) is 0 Å². The van der Waals surface area contributed by atoms with Crippen LogP contribution in [-0.4, -0.2) is 28.7 Å². The summed E-state index contributed by atoms with van der Waals surface area (Å²) in [5.41, 5.74) is 1.45. The Balaban J connectivity index is 1.83. The van der Waals surface area contributed by atoms with Crippen LogP contribution in [0.25, 0.3) is 0 Å². The van der Waals surface area contributed by atoms with Gasteiger partial charge in [0, 0.05) is 0 Å². The molecule has 3 rings (SSSR count). The minimum absolute atomic E-state index is 0.199. The summed E-state index contributed by atoms with van der Waals surface area (Å²) in [7, 11) is 0. The molecular formula is C18H14ClNO4. The summed E-state index contributed by atoms with van der Waals surface area (Å²) in [6.45, 7) is 3.29. The molecule has 5 nitrogen and oxygen atoms in total. The van der Waals surface area contributed by atoms with Gasteiger partial charge in [0.25, 0.3) is 11.8 Å². The molecule has 24 heavy (non-hydrogen) atoms. The maximum absolute atomic E-state index is 12.4. The first kappa shape index (κ1) is 16.2. The predicted octanol–water partition coefficient (Wildman–Crippen LogP) is 3.24. The fourth-order valence-electron chi connectivity index (χ4n) is 2.55. The molecule has 0 saturated carbocycles. The summed E-state index contributed by atoms with van der Waals surface area (Å²) in [4.78, 5) is 38.1. The van der Waals surface area contributed by atoms with Crippen molar-refractivity contribution in [3.63, 3.8) is 0 Å². The van der Waals surface area contributed by atoms with E-state index in [1.54, 1.807) is 42.5 Å². The van der Waals surface area contributed by atoms with E-state index in [-0.39, 0.29) is 21.9 Å². The van der Waals surface area contributed by atoms with Crippen molar-refractivity contribution in [1.29, 1.82) is 0 Å². The summed E-state index contributed by atoms with van der Waals surface area (Å²) in [6, 6.07) is 10.4. The van der Waals surface area contributed by atoms with E-state index in [0.717, 1.165) is 10.5 Å². The Hall–Kier alpha value is -2.66. The highest BCUT2D eigenvalue weighted by molar-refractivity contribution is 6.32. The van der Waals surface area contributed by atoms with E-state index in [1.807, 2.05) is 6.92 Å². The van der Waals surface area contributed by atoms with Crippen molar-refractivity contribution < 1.29 is 19.1 Å². The molecule has 0 aliphatic carbocycles. The number of halogens is 1. The highest BCUT2D eigenvalue weighted by Crippen LogP contribution is 2.28. The number of aryl methyl sites for hydroxylation is 1. The second-order valence-corrected chi connectivity index (χ2v) is 5.96. The molecule has 0 spiro atoms. The average Bonchev–Trinajstić information content (AvgIpc) is 2.82. The standard InChI is InChI=1S/C18H14ClNO4/c1-10-7-8-14(19)15(9-10)24-18(23)11(2)20-16(21)12-5-3-4-6-13(12)17(20)22/h3-9,11H,1-2H3/t11-/m0/s1. The van der Waals surface area contributed by atoms with Gasteiger partial charge in [0.1, 0.15) is 11.8 Å². The minimum Gasteiger partial charge on any atom is -0.423 e. The summed E-state index contributed by atoms with van der Waals surface area (Å²) < 4.78 is 5.28. The van der Waals surface area contributed by atoms with Crippen LogP contribution in [0.1, 0.15) is 33.2 Å². The van der Waals surface area contributed by atoms with Crippen LogP contribution in [0.15, 0.2) is 42.5 Å². The molecule has 1 aliphatic rings. The molecule has 6 heteroatoms. The van der Waals surface area contributed by atoms with Gasteiger partial charge in [0.15, 0.2) is 0 Å². The summed E-state index contributed by atoms with van der Waals surface area (Å²) in [5.74, 6) is -1.53. The van der Waals surface area contributed by atoms with E-state index < -0.39 is 23.8 Å². The van der Waals surface area contributed by atoms with Crippen LogP contribution in [0, 0.1) is 6.92 Å². The van der Waals surface area contributed by atoms with Gasteiger partial charge in [-0.2, -0.15) is 0 Å². The number of hydrogen-bond acceptors (Lipinski definition) is 4. The van der Waals surface area contributed by atoms with Gasteiger partial charge in [-0.1, -0.05) is 29.8 Å². The Bertz CT molecular complexity index is 827. The molecular weight excluding hydrogens is 330 g/mol. The number of imide groups is 1. The molecule has 2 amide bonds. The lowest BCUT2D eigenvalue weighted by Gasteiger charge is -2.21. The van der Waals surface area contributed by atoms with E-state index >= 15 is 0 Å². The van der Waals surface area contributed by atoms with Gasteiger partial charge >= 0.3 is 5.97 Å². The number of carbonyl (C=O) groups is 3. The van der Waals surface area contributed by atoms with E-state index in [2.05, 4.69) is 0 Å². The van der Waals surface area contributed by atoms with Crippen molar-refractivity contribution in [2.24, 2.45) is 0 Å². The van der Waals surface area contributed by atoms with Crippen LogP contribution in [-0.2, 0) is 4.79 Å². The number of hydrogen-bond donors (Lipinski definition) is 0. The summed E-state index contributed by atoms with van der Waals surface area (Å²) in [5, 5.41) is 0.281. The van der Waals surface area contributed by atoms with Gasteiger partial charge in [0.05, 0.1) is 16.1 Å². The average molecular weight is 344 g/mol. The lowest BCUT2D eigenvalue weighted by atomic mass is 10.1. The highest BCUT2D eigenvalue weighted by Gasteiger charge is 2.41. The second kappa shape index (κ2) is 6.09. The monoisotopic (exact) mass is 343 g/mol. The van der Waals surface area contributed by atoms with E-state index in [9.17, 15) is 14.4 Å². The van der Waals surface area contributed by atoms with Gasteiger partial charge < -0.3 is 4.74 Å². The zero-order chi connectivity index (χ0) is 17.4. The third kappa shape index (κ3) is 2.67. The molecule has 1 aliphatic heterocycles. The Labute approximate surface area is 143 Å². The van der Waals surface area contributed by atoms with Gasteiger partial charge in [0.2, 0.25) is 0 Å². The van der Waals surface area contributed by atoms with E-state index in [0.29, 0.717) is 0 Å². The third-order valence-electron chi connectivity index (χ3n) is 3.85. The summed E-state index contributed by atoms with van der Waals surface area (Å²) >= 11 is 6.01. The Morgan fingerprint density at radius 2 is 1.67 bits per heavy atom. The molecule has 2 aromatic carbocycles. The molecule has 0 aromatic heterocycles. The fraction of sp³-hybridized carbons (Fsp3) is 0.167. The molecule has 1 heterocycles. The van der Waals surface area contributed by atoms with Crippen LogP contribution >= 0.6 is 11.6 Å². The number of fused-ring (bicyclic) bond motifs is 1. The number of ether oxygens (including phenoxy) is 1. The van der Waals surface area contributed by atoms with Crippen molar-refractivity contribution in [2.45, 2.75) is 19.9 Å². The first-order valence-corrected chi connectivity index (χ1v) is 7.72. The molecule has 0 bridgehead atoms. The Morgan fingerprint density at radius 3 is 2.25 bits per heavy atom. The molecule has 2 aromatic rings. The zero-order valence-corrected chi connectivity index (χ0v) is 13.8. The fourth-order valence-corrected chi connectivity index (χ4v) is 2.70. The quantitative estimate of drug-likeness (QED) is 0.487. The van der Waals surface area contributed by atoms with Gasteiger partial charge in [-0.3, -0.25) is 14.5 Å². The third-order valence-corrected chi connectivity index (χ3v) is 4.16. The lowest BCUT2D eigenvalue weighted by molar-refractivity contribution is -0.138. The lowest BCUT2D eigenvalue weighted by Crippen LogP contribution is -2.44. The van der Waals surface area contributed by atoms with Crippen molar-refractivity contribution in [1.82, 2.24) is 4.90 Å². The summed E-state index contributed by atoms with van der Waals surface area (Å²) in [6.07, 6.45) is 0. The van der Waals surface area contributed by atoms with Crippen LogP contribution in [0.3, 0.4) is 0 Å². The van der Waals surface area contributed by atoms with Gasteiger partial charge in [-0.05, 0) is 43.7 Å². The predicted molar refractivity (Wildman–Crippen MR) is 88.2 cm³/mol. The number of esters is 1. The number of benzene rings is 2. The second-order valence-electron chi connectivity index (χ2n) is 5.56. The molecule has 1 atom stereocenters. The molecule has 0 unspecified atom stereocenters. The van der Waals surface area contributed by atoms with Crippen LogP contribution in [0.5, 0.6) is 5.75 Å². The first-order valence-electron chi connectivity index (χ1n) is 7.35. The molecule has 122 valence electrons. The number of nitrogens with zero attached hydrogens (tertiary/aromatic N) is 1. The maximum atomic E-state index is 12.4. The molecule has 0 fully saturated rings. The van der Waals surface area contributed by atoms with Crippen LogP contribution in [0.2, 0.25) is 5.02 Å². The highest BCUT2D eigenvalue weighted by atomic mass is 35.5. The zero-order valence-electron chi connectivity index (χ0n) is 13.1. The number of rotatable bonds is 3. The van der Waals surface area contributed by atoms with Crippen molar-refractivity contribution >= 4 is 29.4 Å². The van der Waals surface area contributed by atoms with Crippen molar-refractivity contribution in [3.05, 3.63) is 64.2 Å². The van der Waals surface area contributed by atoms with Crippen LogP contribution < -0.4 is 4.74 Å². The van der Waals surface area contributed by atoms with Crippen LogP contribution in [0.4, 0.5) is 0 Å². The maximum Gasteiger partial charge on any atom is 0.334 e. The topological polar surface area (TPSA) is 63.7 Å². The Morgan fingerprint density at radius 1 is 1.08 bits per heavy atom. The molecule has 0 radical (unpaired) electrons. The normalized spacial score (nSPS) is 14.5. The van der Waals surface area contributed by atoms with Crippen molar-refractivity contribution in [3.8, 4) is 5.75 Å². The van der Waals surface area contributed by atoms with Crippen molar-refractivity contribution in [2.75, 3.05) is 0 Å². The van der Waals surface area contributed by atoms with E-state index in [4.69, 9.17) is 16.3 Å². The smallest absolute Gasteiger partial charge is 0.334 e. The number of carbonyl (C=O) groups excluding carboxylic acids is 3. The minimum atomic E-state index is -1.06. The molecule has 0 saturated heterocycles. The SMILES string of the molecule is Cc1ccc(Cl)c(OC(=O)[C@H](C)N2C(=O)c3ccccc3C2=O)c1. The van der Waals surface area contributed by atoms with E-state index in [1.165, 1.54) is 6.92 Å². The first-order chi connectivity index (χ1) is 11.4. The Kier molecular flexibility index (Phi) is 4.11. The largest absolute Gasteiger partial charge is 0.423 e. The van der Waals surface area contributed by atoms with Gasteiger partial charge in [-0.25, -0.2) is 4.79 Å².